The zero-order valence-corrected chi connectivity index (χ0v) is 13.5. The van der Waals surface area contributed by atoms with Gasteiger partial charge in [0.1, 0.15) is 17.8 Å². The number of nitrogens with one attached hydrogen (secondary N) is 2. The Morgan fingerprint density at radius 1 is 1.40 bits per heavy atom. The third kappa shape index (κ3) is 3.22. The number of aromatic amines is 1. The SMILES string of the molecule is CC(Nc1ccc(C(=O)c2nccn2C)cc1[N+](=O)[O-])c1ncn[nH]1. The highest BCUT2D eigenvalue weighted by Gasteiger charge is 2.22. The fourth-order valence-corrected chi connectivity index (χ4v) is 2.38. The highest BCUT2D eigenvalue weighted by Crippen LogP contribution is 2.29. The van der Waals surface area contributed by atoms with Crippen molar-refractivity contribution in [2.75, 3.05) is 5.32 Å². The van der Waals surface area contributed by atoms with Crippen molar-refractivity contribution in [1.29, 1.82) is 0 Å². The second-order valence-corrected chi connectivity index (χ2v) is 5.42. The molecule has 0 spiro atoms. The number of aryl methyl sites for hydroxylation is 1. The minimum Gasteiger partial charge on any atom is -0.370 e. The van der Waals surface area contributed by atoms with Crippen molar-refractivity contribution >= 4 is 17.2 Å². The standard InChI is InChI=1S/C15H15N7O3/c1-9(14-17-8-18-20-14)19-11-4-3-10(7-12(11)22(24)25)13(23)15-16-5-6-21(15)2/h3-9,19H,1-2H3,(H,17,18,20). The molecule has 0 fully saturated rings. The first-order chi connectivity index (χ1) is 12.0. The molecule has 0 aliphatic heterocycles. The monoisotopic (exact) mass is 341 g/mol. The van der Waals surface area contributed by atoms with Crippen molar-refractivity contribution in [1.82, 2.24) is 24.7 Å². The summed E-state index contributed by atoms with van der Waals surface area (Å²) in [5.74, 6) is 0.373. The quantitative estimate of drug-likeness (QED) is 0.397. The van der Waals surface area contributed by atoms with Crippen molar-refractivity contribution in [2.45, 2.75) is 13.0 Å². The molecule has 25 heavy (non-hydrogen) atoms. The average molecular weight is 341 g/mol. The van der Waals surface area contributed by atoms with Crippen LogP contribution in [-0.4, -0.2) is 35.4 Å². The Morgan fingerprint density at radius 3 is 2.80 bits per heavy atom. The molecular formula is C15H15N7O3. The van der Waals surface area contributed by atoms with Crippen LogP contribution in [0.25, 0.3) is 0 Å². The maximum atomic E-state index is 12.5. The van der Waals surface area contributed by atoms with E-state index in [2.05, 4.69) is 25.5 Å². The second-order valence-electron chi connectivity index (χ2n) is 5.42. The number of hydrogen-bond donors (Lipinski definition) is 2. The van der Waals surface area contributed by atoms with Crippen molar-refractivity contribution in [2.24, 2.45) is 7.05 Å². The van der Waals surface area contributed by atoms with E-state index in [9.17, 15) is 14.9 Å². The molecule has 2 heterocycles. The first kappa shape index (κ1) is 16.3. The molecule has 2 N–H and O–H groups in total. The van der Waals surface area contributed by atoms with Gasteiger partial charge in [-0.25, -0.2) is 9.97 Å². The van der Waals surface area contributed by atoms with E-state index in [0.717, 1.165) is 0 Å². The molecule has 0 saturated carbocycles. The molecule has 1 aromatic carbocycles. The van der Waals surface area contributed by atoms with E-state index in [4.69, 9.17) is 0 Å². The van der Waals surface area contributed by atoms with Crippen LogP contribution in [0, 0.1) is 10.1 Å². The number of nitrogens with zero attached hydrogens (tertiary/aromatic N) is 5. The van der Waals surface area contributed by atoms with E-state index in [1.165, 1.54) is 30.7 Å². The third-order valence-corrected chi connectivity index (χ3v) is 3.70. The van der Waals surface area contributed by atoms with Crippen LogP contribution >= 0.6 is 0 Å². The summed E-state index contributed by atoms with van der Waals surface area (Å²) in [5, 5.41) is 20.9. The molecule has 10 nitrogen and oxygen atoms in total. The minimum absolute atomic E-state index is 0.193. The van der Waals surface area contributed by atoms with Gasteiger partial charge in [0.2, 0.25) is 5.78 Å². The molecule has 0 aliphatic rings. The number of anilines is 1. The van der Waals surface area contributed by atoms with Crippen molar-refractivity contribution in [3.63, 3.8) is 0 Å². The Morgan fingerprint density at radius 2 is 2.20 bits per heavy atom. The lowest BCUT2D eigenvalue weighted by molar-refractivity contribution is -0.384. The Labute approximate surface area is 142 Å². The molecule has 128 valence electrons. The lowest BCUT2D eigenvalue weighted by atomic mass is 10.1. The second kappa shape index (κ2) is 6.51. The molecule has 0 amide bonds. The summed E-state index contributed by atoms with van der Waals surface area (Å²) in [6.45, 7) is 1.79. The highest BCUT2D eigenvalue weighted by molar-refractivity contribution is 6.07. The molecule has 0 saturated heterocycles. The first-order valence-corrected chi connectivity index (χ1v) is 7.39. The van der Waals surface area contributed by atoms with Crippen LogP contribution in [0.4, 0.5) is 11.4 Å². The smallest absolute Gasteiger partial charge is 0.293 e. The summed E-state index contributed by atoms with van der Waals surface area (Å²) < 4.78 is 1.56. The van der Waals surface area contributed by atoms with Gasteiger partial charge in [-0.05, 0) is 19.1 Å². The maximum Gasteiger partial charge on any atom is 0.293 e. The van der Waals surface area contributed by atoms with Gasteiger partial charge < -0.3 is 9.88 Å². The van der Waals surface area contributed by atoms with E-state index in [-0.39, 0.29) is 34.6 Å². The lowest BCUT2D eigenvalue weighted by Crippen LogP contribution is -2.12. The predicted molar refractivity (Wildman–Crippen MR) is 88.2 cm³/mol. The number of carbonyl (C=O) groups excluding carboxylic acids is 1. The Bertz CT molecular complexity index is 917. The number of H-pyrrole nitrogens is 1. The van der Waals surface area contributed by atoms with E-state index in [0.29, 0.717) is 5.82 Å². The molecule has 1 unspecified atom stereocenters. The molecule has 3 rings (SSSR count). The van der Waals surface area contributed by atoms with Crippen LogP contribution in [0.3, 0.4) is 0 Å². The number of benzene rings is 1. The molecule has 0 bridgehead atoms. The fraction of sp³-hybridized carbons (Fsp3) is 0.200. The van der Waals surface area contributed by atoms with Gasteiger partial charge in [-0.1, -0.05) is 0 Å². The number of imidazole rings is 1. The van der Waals surface area contributed by atoms with Gasteiger partial charge in [-0.2, -0.15) is 5.10 Å². The molecule has 3 aromatic rings. The molecule has 1 atom stereocenters. The highest BCUT2D eigenvalue weighted by atomic mass is 16.6. The van der Waals surface area contributed by atoms with Gasteiger partial charge in [-0.3, -0.25) is 20.0 Å². The summed E-state index contributed by atoms with van der Waals surface area (Å²) >= 11 is 0. The largest absolute Gasteiger partial charge is 0.370 e. The van der Waals surface area contributed by atoms with Crippen LogP contribution in [0.1, 0.15) is 35.0 Å². The van der Waals surface area contributed by atoms with Gasteiger partial charge in [0.15, 0.2) is 5.82 Å². The first-order valence-electron chi connectivity index (χ1n) is 7.39. The molecule has 10 heteroatoms. The topological polar surface area (TPSA) is 132 Å². The number of aromatic nitrogens is 5. The number of ketones is 1. The predicted octanol–water partition coefficient (Wildman–Crippen LogP) is 1.85. The van der Waals surface area contributed by atoms with Gasteiger partial charge in [0, 0.05) is 31.1 Å². The van der Waals surface area contributed by atoms with Crippen LogP contribution in [-0.2, 0) is 7.05 Å². The zero-order valence-electron chi connectivity index (χ0n) is 13.5. The summed E-state index contributed by atoms with van der Waals surface area (Å²) in [5.41, 5.74) is 0.274. The van der Waals surface area contributed by atoms with E-state index < -0.39 is 4.92 Å². The van der Waals surface area contributed by atoms with E-state index in [1.54, 1.807) is 24.7 Å². The summed E-state index contributed by atoms with van der Waals surface area (Å²) in [6.07, 6.45) is 4.49. The number of hydrogen-bond acceptors (Lipinski definition) is 7. The fourth-order valence-electron chi connectivity index (χ4n) is 2.38. The van der Waals surface area contributed by atoms with Gasteiger partial charge >= 0.3 is 0 Å². The van der Waals surface area contributed by atoms with Gasteiger partial charge in [0.25, 0.3) is 5.69 Å². The number of nitro benzene ring substituents is 1. The van der Waals surface area contributed by atoms with Crippen molar-refractivity contribution in [3.05, 3.63) is 64.2 Å². The number of nitro groups is 1. The molecule has 0 aliphatic carbocycles. The summed E-state index contributed by atoms with van der Waals surface area (Å²) in [4.78, 5) is 31.3. The van der Waals surface area contributed by atoms with E-state index in [1.807, 2.05) is 0 Å². The van der Waals surface area contributed by atoms with E-state index >= 15 is 0 Å². The van der Waals surface area contributed by atoms with Crippen molar-refractivity contribution < 1.29 is 9.72 Å². The summed E-state index contributed by atoms with van der Waals surface area (Å²) in [6, 6.07) is 3.95. The van der Waals surface area contributed by atoms with Crippen LogP contribution in [0.2, 0.25) is 0 Å². The Hall–Kier alpha value is -3.56. The number of carbonyl (C=O) groups is 1. The van der Waals surface area contributed by atoms with Crippen LogP contribution in [0.15, 0.2) is 36.9 Å². The molecular weight excluding hydrogens is 326 g/mol. The zero-order chi connectivity index (χ0) is 18.0. The van der Waals surface area contributed by atoms with Crippen LogP contribution < -0.4 is 5.32 Å². The van der Waals surface area contributed by atoms with Gasteiger partial charge in [-0.15, -0.1) is 0 Å². The number of rotatable bonds is 6. The van der Waals surface area contributed by atoms with Crippen LogP contribution in [0.5, 0.6) is 0 Å². The van der Waals surface area contributed by atoms with Gasteiger partial charge in [0.05, 0.1) is 11.0 Å². The maximum absolute atomic E-state index is 12.5. The minimum atomic E-state index is -0.537. The molecule has 0 radical (unpaired) electrons. The average Bonchev–Trinajstić information content (AvgIpc) is 3.25. The summed E-state index contributed by atoms with van der Waals surface area (Å²) in [7, 11) is 1.68. The Balaban J connectivity index is 1.92. The van der Waals surface area contributed by atoms with Crippen molar-refractivity contribution in [3.8, 4) is 0 Å². The molecule has 2 aromatic heterocycles. The Kier molecular flexibility index (Phi) is 4.25. The lowest BCUT2D eigenvalue weighted by Gasteiger charge is -2.13. The normalized spacial score (nSPS) is 11.9. The third-order valence-electron chi connectivity index (χ3n) is 3.70.